The van der Waals surface area contributed by atoms with Crippen molar-refractivity contribution in [1.29, 1.82) is 0 Å². The van der Waals surface area contributed by atoms with Crippen LogP contribution in [-0.2, 0) is 20.8 Å². The van der Waals surface area contributed by atoms with Crippen LogP contribution in [0.15, 0.2) is 54.7 Å². The van der Waals surface area contributed by atoms with Gasteiger partial charge in [-0.3, -0.25) is 4.98 Å². The Morgan fingerprint density at radius 2 is 1.95 bits per heavy atom. The van der Waals surface area contributed by atoms with Gasteiger partial charge in [-0.25, -0.2) is 13.5 Å². The lowest BCUT2D eigenvalue weighted by atomic mass is 10.1. The van der Waals surface area contributed by atoms with Crippen LogP contribution in [0.2, 0.25) is 5.02 Å². The highest BCUT2D eigenvalue weighted by atomic mass is 35.5. The number of aromatic nitrogens is 3. The molecule has 6 rings (SSSR count). The van der Waals surface area contributed by atoms with E-state index in [2.05, 4.69) is 4.98 Å². The van der Waals surface area contributed by atoms with Crippen molar-refractivity contribution in [3.05, 3.63) is 88.1 Å². The number of pyridine rings is 1. The molecule has 2 aliphatic heterocycles. The Bertz CT molecular complexity index is 1580. The van der Waals surface area contributed by atoms with Crippen LogP contribution in [0.1, 0.15) is 73.9 Å². The number of benzene rings is 2. The Kier molecular flexibility index (Phi) is 9.33. The van der Waals surface area contributed by atoms with E-state index < -0.39 is 17.7 Å². The number of fused-ring (bicyclic) bond motifs is 1. The molecule has 2 saturated heterocycles. The molecule has 2 aromatic carbocycles. The Hall–Kier alpha value is -3.37. The van der Waals surface area contributed by atoms with E-state index in [1.165, 1.54) is 24.4 Å². The summed E-state index contributed by atoms with van der Waals surface area (Å²) in [6, 6.07) is 13.3. The Morgan fingerprint density at radius 3 is 2.70 bits per heavy atom. The molecular weight excluding hydrogens is 576 g/mol. The second-order valence-corrected chi connectivity index (χ2v) is 11.3. The van der Waals surface area contributed by atoms with Crippen LogP contribution >= 0.6 is 11.6 Å². The summed E-state index contributed by atoms with van der Waals surface area (Å²) in [4.78, 5) is 4.42. The smallest absolute Gasteiger partial charge is 0.150 e. The van der Waals surface area contributed by atoms with Crippen LogP contribution in [0, 0.1) is 5.82 Å². The zero-order valence-electron chi connectivity index (χ0n) is 24.0. The summed E-state index contributed by atoms with van der Waals surface area (Å²) in [5.41, 5.74) is 3.01. The number of rotatable bonds is 9. The molecule has 0 aliphatic carbocycles. The first-order valence-corrected chi connectivity index (χ1v) is 15.1. The molecule has 2 unspecified atom stereocenters. The summed E-state index contributed by atoms with van der Waals surface area (Å²) >= 11 is 6.27. The molecule has 0 radical (unpaired) electrons. The van der Waals surface area contributed by atoms with E-state index in [1.54, 1.807) is 18.2 Å². The molecule has 0 saturated carbocycles. The number of nitrogens with zero attached hydrogens (tertiary/aromatic N) is 3. The maximum Gasteiger partial charge on any atom is 0.150 e. The minimum absolute atomic E-state index is 0.160. The van der Waals surface area contributed by atoms with Gasteiger partial charge in [0.2, 0.25) is 0 Å². The molecule has 43 heavy (non-hydrogen) atoms. The van der Waals surface area contributed by atoms with E-state index in [9.17, 15) is 4.39 Å². The summed E-state index contributed by atoms with van der Waals surface area (Å²) in [6.07, 6.45) is 7.00. The maximum atomic E-state index is 15.6. The van der Waals surface area contributed by atoms with Gasteiger partial charge in [0.25, 0.3) is 0 Å². The zero-order valence-corrected chi connectivity index (χ0v) is 24.7. The van der Waals surface area contributed by atoms with Gasteiger partial charge in [-0.05, 0) is 81.5 Å². The van der Waals surface area contributed by atoms with Gasteiger partial charge >= 0.3 is 0 Å². The highest BCUT2D eigenvalue weighted by Gasteiger charge is 2.22. The first kappa shape index (κ1) is 29.7. The zero-order chi connectivity index (χ0) is 29.8. The number of hydrogen-bond acceptors (Lipinski definition) is 6. The van der Waals surface area contributed by atoms with Crippen LogP contribution in [0.25, 0.3) is 22.8 Å². The van der Waals surface area contributed by atoms with Gasteiger partial charge in [0, 0.05) is 48.6 Å². The fraction of sp³-hybridized carbons (Fsp3) is 0.394. The lowest BCUT2D eigenvalue weighted by molar-refractivity contribution is -0.0399. The van der Waals surface area contributed by atoms with E-state index in [0.29, 0.717) is 54.4 Å². The standard InChI is InChI=1S/C33H34ClF2N3O4/c1-21(27-9-6-23(35)16-29(27)34)43-26-8-10-32-28(17-26)31(38-39(32)33-4-2-3-13-41-33)18-30(36)22-5-7-24(37-19-22)20-42-25-11-14-40-15-12-25/h5-10,16-19,21,25,33H,2-4,11-15,20H2,1H3/b30-18-. The second-order valence-electron chi connectivity index (χ2n) is 10.9. The quantitative estimate of drug-likeness (QED) is 0.190. The molecule has 226 valence electrons. The van der Waals surface area contributed by atoms with Crippen molar-refractivity contribution < 1.29 is 27.7 Å². The van der Waals surface area contributed by atoms with Crippen molar-refractivity contribution in [1.82, 2.24) is 14.8 Å². The molecule has 2 aromatic heterocycles. The van der Waals surface area contributed by atoms with E-state index in [0.717, 1.165) is 43.3 Å². The van der Waals surface area contributed by atoms with Gasteiger partial charge in [0.05, 0.1) is 34.6 Å². The predicted molar refractivity (Wildman–Crippen MR) is 161 cm³/mol. The number of halogens is 3. The van der Waals surface area contributed by atoms with Crippen molar-refractivity contribution in [2.45, 2.75) is 64.1 Å². The lowest BCUT2D eigenvalue weighted by Crippen LogP contribution is -2.23. The lowest BCUT2D eigenvalue weighted by Gasteiger charge is -2.23. The van der Waals surface area contributed by atoms with Crippen molar-refractivity contribution in [2.24, 2.45) is 0 Å². The van der Waals surface area contributed by atoms with Gasteiger partial charge in [0.15, 0.2) is 6.23 Å². The minimum Gasteiger partial charge on any atom is -0.486 e. The molecule has 2 atom stereocenters. The normalized spacial score (nSPS) is 19.1. The molecule has 0 bridgehead atoms. The second kappa shape index (κ2) is 13.5. The van der Waals surface area contributed by atoms with Crippen LogP contribution in [-0.4, -0.2) is 40.7 Å². The van der Waals surface area contributed by atoms with Crippen LogP contribution < -0.4 is 4.74 Å². The third-order valence-corrected chi connectivity index (χ3v) is 8.17. The van der Waals surface area contributed by atoms with Gasteiger partial charge < -0.3 is 18.9 Å². The summed E-state index contributed by atoms with van der Waals surface area (Å²) in [6.45, 7) is 4.28. The third kappa shape index (κ3) is 7.07. The highest BCUT2D eigenvalue weighted by Crippen LogP contribution is 2.34. The van der Waals surface area contributed by atoms with Crippen LogP contribution in [0.5, 0.6) is 5.75 Å². The van der Waals surface area contributed by atoms with Gasteiger partial charge in [-0.2, -0.15) is 5.10 Å². The van der Waals surface area contributed by atoms with Crippen LogP contribution in [0.3, 0.4) is 0 Å². The predicted octanol–water partition coefficient (Wildman–Crippen LogP) is 8.23. The molecule has 4 aromatic rings. The van der Waals surface area contributed by atoms with E-state index in [1.807, 2.05) is 29.8 Å². The largest absolute Gasteiger partial charge is 0.486 e. The van der Waals surface area contributed by atoms with Crippen LogP contribution in [0.4, 0.5) is 8.78 Å². The Balaban J connectivity index is 1.26. The van der Waals surface area contributed by atoms with Crippen molar-refractivity contribution in [3.8, 4) is 5.75 Å². The molecular formula is C33H34ClF2N3O4. The average Bonchev–Trinajstić information content (AvgIpc) is 3.38. The third-order valence-electron chi connectivity index (χ3n) is 7.85. The fourth-order valence-corrected chi connectivity index (χ4v) is 5.78. The van der Waals surface area contributed by atoms with E-state index in [-0.39, 0.29) is 17.4 Å². The Labute approximate surface area is 254 Å². The molecule has 7 nitrogen and oxygen atoms in total. The topological polar surface area (TPSA) is 67.6 Å². The first-order chi connectivity index (χ1) is 20.9. The van der Waals surface area contributed by atoms with Crippen molar-refractivity contribution in [3.63, 3.8) is 0 Å². The SMILES string of the molecule is CC(Oc1ccc2c(c1)c(/C=C(\F)c1ccc(COC3CCOCC3)nc1)nn2C1CCCCO1)c1ccc(F)cc1Cl. The van der Waals surface area contributed by atoms with E-state index >= 15 is 4.39 Å². The fourth-order valence-electron chi connectivity index (χ4n) is 5.46. The monoisotopic (exact) mass is 609 g/mol. The molecule has 10 heteroatoms. The number of ether oxygens (including phenoxy) is 4. The van der Waals surface area contributed by atoms with E-state index in [4.69, 9.17) is 35.6 Å². The summed E-state index contributed by atoms with van der Waals surface area (Å²) in [5, 5.41) is 5.79. The number of hydrogen-bond donors (Lipinski definition) is 0. The minimum atomic E-state index is -0.460. The van der Waals surface area contributed by atoms with Gasteiger partial charge in [-0.1, -0.05) is 17.7 Å². The summed E-state index contributed by atoms with van der Waals surface area (Å²) in [5.74, 6) is -0.320. The molecule has 0 spiro atoms. The highest BCUT2D eigenvalue weighted by molar-refractivity contribution is 6.31. The Morgan fingerprint density at radius 1 is 1.09 bits per heavy atom. The van der Waals surface area contributed by atoms with Crippen molar-refractivity contribution in [2.75, 3.05) is 19.8 Å². The van der Waals surface area contributed by atoms with Crippen molar-refractivity contribution >= 4 is 34.4 Å². The first-order valence-electron chi connectivity index (χ1n) is 14.7. The molecule has 0 N–H and O–H groups in total. The summed E-state index contributed by atoms with van der Waals surface area (Å²) < 4.78 is 54.5. The molecule has 0 amide bonds. The van der Waals surface area contributed by atoms with Gasteiger partial charge in [0.1, 0.15) is 23.5 Å². The molecule has 4 heterocycles. The summed E-state index contributed by atoms with van der Waals surface area (Å²) in [7, 11) is 0. The molecule has 2 aliphatic rings. The van der Waals surface area contributed by atoms with Gasteiger partial charge in [-0.15, -0.1) is 0 Å². The average molecular weight is 610 g/mol. The maximum absolute atomic E-state index is 15.6. The molecule has 2 fully saturated rings.